The Morgan fingerprint density at radius 3 is 2.47 bits per heavy atom. The molecule has 0 fully saturated rings. The monoisotopic (exact) mass is 287 g/mol. The van der Waals surface area contributed by atoms with Crippen LogP contribution in [-0.2, 0) is 0 Å². The normalized spacial score (nSPS) is 18.4. The quantitative estimate of drug-likeness (QED) is 0.715. The fourth-order valence-electron chi connectivity index (χ4n) is 2.02. The molecule has 0 N–H and O–H groups in total. The third kappa shape index (κ3) is 2.06. The van der Waals surface area contributed by atoms with Crippen molar-refractivity contribution in [3.63, 3.8) is 0 Å². The van der Waals surface area contributed by atoms with Gasteiger partial charge in [0.1, 0.15) is 0 Å². The number of hydrogen-bond acceptors (Lipinski definition) is 1. The zero-order valence-corrected chi connectivity index (χ0v) is 11.3. The van der Waals surface area contributed by atoms with Gasteiger partial charge in [-0.3, -0.25) is 0 Å². The Hall–Kier alpha value is -1.37. The van der Waals surface area contributed by atoms with Crippen molar-refractivity contribution in [2.75, 3.05) is 0 Å². The third-order valence-electron chi connectivity index (χ3n) is 2.86. The molecule has 0 amide bonds. The van der Waals surface area contributed by atoms with Crippen molar-refractivity contribution in [2.45, 2.75) is 11.7 Å². The van der Waals surface area contributed by atoms with Crippen LogP contribution < -0.4 is 4.46 Å². The number of aliphatic imine (C=N–C) groups is 1. The minimum absolute atomic E-state index is 0.490. The van der Waals surface area contributed by atoms with Crippen LogP contribution in [0.5, 0.6) is 0 Å². The second kappa shape index (κ2) is 4.48. The molecule has 2 aromatic carbocycles. The van der Waals surface area contributed by atoms with Gasteiger partial charge in [0.25, 0.3) is 0 Å². The van der Waals surface area contributed by atoms with Crippen LogP contribution in [0.25, 0.3) is 0 Å². The van der Waals surface area contributed by atoms with Crippen LogP contribution >= 0.6 is 0 Å². The van der Waals surface area contributed by atoms with Crippen LogP contribution in [-0.4, -0.2) is 20.7 Å². The van der Waals surface area contributed by atoms with Gasteiger partial charge in [-0.05, 0) is 0 Å². The molecule has 0 aromatic heterocycles. The van der Waals surface area contributed by atoms with Gasteiger partial charge in [-0.25, -0.2) is 0 Å². The Balaban J connectivity index is 2.10. The Morgan fingerprint density at radius 2 is 1.65 bits per heavy atom. The number of nitrogens with zero attached hydrogens (tertiary/aromatic N) is 1. The van der Waals surface area contributed by atoms with E-state index in [9.17, 15) is 0 Å². The number of para-hydroxylation sites is 1. The molecule has 17 heavy (non-hydrogen) atoms. The fourth-order valence-corrected chi connectivity index (χ4v) is 4.28. The van der Waals surface area contributed by atoms with E-state index in [1.807, 2.05) is 0 Å². The van der Waals surface area contributed by atoms with E-state index in [2.05, 4.69) is 61.5 Å². The van der Waals surface area contributed by atoms with E-state index < -0.39 is 0 Å². The second-order valence-corrected chi connectivity index (χ2v) is 6.99. The summed E-state index contributed by atoms with van der Waals surface area (Å²) in [6, 6.07) is 19.0. The van der Waals surface area contributed by atoms with Crippen LogP contribution in [0.3, 0.4) is 0 Å². The first-order valence-electron chi connectivity index (χ1n) is 5.74. The standard InChI is InChI=1S/C15H13NSe/c1-11-15(12-7-3-2-4-8-12)16-13-9-5-6-10-14(13)17-11/h2-11H,1H3. The summed E-state index contributed by atoms with van der Waals surface area (Å²) in [5.41, 5.74) is 3.66. The average molecular weight is 286 g/mol. The van der Waals surface area contributed by atoms with Crippen LogP contribution in [0, 0.1) is 0 Å². The van der Waals surface area contributed by atoms with Crippen molar-refractivity contribution in [3.05, 3.63) is 60.2 Å². The van der Waals surface area contributed by atoms with E-state index >= 15 is 0 Å². The molecule has 84 valence electrons. The van der Waals surface area contributed by atoms with Gasteiger partial charge in [0.2, 0.25) is 0 Å². The Labute approximate surface area is 108 Å². The fraction of sp³-hybridized carbons (Fsp3) is 0.133. The summed E-state index contributed by atoms with van der Waals surface area (Å²) in [6.07, 6.45) is 0. The molecular formula is C15H13NSe. The molecule has 0 spiro atoms. The summed E-state index contributed by atoms with van der Waals surface area (Å²) >= 11 is 0.490. The van der Waals surface area contributed by atoms with E-state index in [1.165, 1.54) is 15.7 Å². The first kappa shape index (κ1) is 10.8. The summed E-state index contributed by atoms with van der Waals surface area (Å²) in [4.78, 5) is 5.38. The number of fused-ring (bicyclic) bond motifs is 1. The van der Waals surface area contributed by atoms with Gasteiger partial charge >= 0.3 is 108 Å². The van der Waals surface area contributed by atoms with Crippen molar-refractivity contribution < 1.29 is 0 Å². The molecule has 0 bridgehead atoms. The third-order valence-corrected chi connectivity index (χ3v) is 5.33. The molecule has 1 unspecified atom stereocenters. The van der Waals surface area contributed by atoms with E-state index in [1.54, 1.807) is 0 Å². The Morgan fingerprint density at radius 1 is 0.941 bits per heavy atom. The van der Waals surface area contributed by atoms with Gasteiger partial charge in [-0.15, -0.1) is 0 Å². The number of hydrogen-bond donors (Lipinski definition) is 0. The van der Waals surface area contributed by atoms with Gasteiger partial charge < -0.3 is 0 Å². The summed E-state index contributed by atoms with van der Waals surface area (Å²) in [6.45, 7) is 2.28. The summed E-state index contributed by atoms with van der Waals surface area (Å²) in [5, 5.41) is 0. The van der Waals surface area contributed by atoms with Crippen molar-refractivity contribution in [1.29, 1.82) is 0 Å². The predicted octanol–water partition coefficient (Wildman–Crippen LogP) is 2.96. The molecule has 1 nitrogen and oxygen atoms in total. The van der Waals surface area contributed by atoms with Gasteiger partial charge in [-0.1, -0.05) is 0 Å². The molecule has 1 aliphatic rings. The van der Waals surface area contributed by atoms with Crippen molar-refractivity contribution in [2.24, 2.45) is 4.99 Å². The van der Waals surface area contributed by atoms with E-state index in [4.69, 9.17) is 4.99 Å². The van der Waals surface area contributed by atoms with Crippen LogP contribution in [0.4, 0.5) is 5.69 Å². The zero-order valence-electron chi connectivity index (χ0n) is 9.63. The molecule has 2 aromatic rings. The second-order valence-electron chi connectivity index (χ2n) is 4.09. The molecule has 1 heterocycles. The van der Waals surface area contributed by atoms with Gasteiger partial charge in [-0.2, -0.15) is 0 Å². The van der Waals surface area contributed by atoms with Crippen LogP contribution in [0.2, 0.25) is 4.82 Å². The molecule has 3 rings (SSSR count). The first-order chi connectivity index (χ1) is 8.34. The maximum absolute atomic E-state index is 4.83. The summed E-state index contributed by atoms with van der Waals surface area (Å²) in [5.74, 6) is 0. The van der Waals surface area contributed by atoms with Crippen molar-refractivity contribution in [3.8, 4) is 0 Å². The Kier molecular flexibility index (Phi) is 2.84. The number of rotatable bonds is 1. The average Bonchev–Trinajstić information content (AvgIpc) is 2.39. The molecule has 0 radical (unpaired) electrons. The van der Waals surface area contributed by atoms with E-state index in [-0.39, 0.29) is 0 Å². The van der Waals surface area contributed by atoms with E-state index in [0.717, 1.165) is 5.69 Å². The topological polar surface area (TPSA) is 12.4 Å². The Bertz CT molecular complexity index is 560. The van der Waals surface area contributed by atoms with Gasteiger partial charge in [0.15, 0.2) is 0 Å². The molecule has 1 aliphatic heterocycles. The van der Waals surface area contributed by atoms with Gasteiger partial charge in [0, 0.05) is 0 Å². The van der Waals surface area contributed by atoms with Crippen LogP contribution in [0.15, 0.2) is 59.6 Å². The molecule has 0 aliphatic carbocycles. The predicted molar refractivity (Wildman–Crippen MR) is 73.9 cm³/mol. The maximum atomic E-state index is 4.83. The molecular weight excluding hydrogens is 273 g/mol. The zero-order chi connectivity index (χ0) is 11.7. The number of benzene rings is 2. The molecule has 0 saturated heterocycles. The molecule has 1 atom stereocenters. The summed E-state index contributed by atoms with van der Waals surface area (Å²) < 4.78 is 1.42. The van der Waals surface area contributed by atoms with Crippen molar-refractivity contribution >= 4 is 30.8 Å². The minimum atomic E-state index is 0.490. The first-order valence-corrected chi connectivity index (χ1v) is 7.59. The SMILES string of the molecule is CC1[Se]c2ccccc2N=C1c1ccccc1. The van der Waals surface area contributed by atoms with Crippen LogP contribution in [0.1, 0.15) is 12.5 Å². The van der Waals surface area contributed by atoms with E-state index in [0.29, 0.717) is 19.8 Å². The molecule has 2 heteroatoms. The van der Waals surface area contributed by atoms with Crippen molar-refractivity contribution in [1.82, 2.24) is 0 Å². The van der Waals surface area contributed by atoms with Gasteiger partial charge in [0.05, 0.1) is 0 Å². The molecule has 0 saturated carbocycles. The summed E-state index contributed by atoms with van der Waals surface area (Å²) in [7, 11) is 0.